The van der Waals surface area contributed by atoms with Crippen LogP contribution in [-0.2, 0) is 4.74 Å². The quantitative estimate of drug-likeness (QED) is 0.658. The number of carboxylic acid groups (broad SMARTS) is 1. The van der Waals surface area contributed by atoms with Gasteiger partial charge in [0.25, 0.3) is 0 Å². The summed E-state index contributed by atoms with van der Waals surface area (Å²) in [5.41, 5.74) is 7.19. The molecule has 0 saturated heterocycles. The maximum Gasteiger partial charge on any atom is 0.335 e. The van der Waals surface area contributed by atoms with Crippen molar-refractivity contribution in [3.63, 3.8) is 0 Å². The largest absolute Gasteiger partial charge is 0.478 e. The zero-order valence-electron chi connectivity index (χ0n) is 10.1. The molecule has 0 bridgehead atoms. The van der Waals surface area contributed by atoms with Crippen molar-refractivity contribution in [3.05, 3.63) is 23.8 Å². The molecular weight excluding hydrogens is 220 g/mol. The van der Waals surface area contributed by atoms with Crippen molar-refractivity contribution in [3.8, 4) is 0 Å². The summed E-state index contributed by atoms with van der Waals surface area (Å²) in [5.74, 6) is -0.961. The van der Waals surface area contributed by atoms with Crippen molar-refractivity contribution in [2.75, 3.05) is 24.8 Å². The van der Waals surface area contributed by atoms with Crippen molar-refractivity contribution in [1.29, 1.82) is 0 Å². The van der Waals surface area contributed by atoms with E-state index in [1.165, 1.54) is 6.07 Å². The Hall–Kier alpha value is -1.75. The highest BCUT2D eigenvalue weighted by Crippen LogP contribution is 2.21. The molecule has 1 atom stereocenters. The monoisotopic (exact) mass is 238 g/mol. The van der Waals surface area contributed by atoms with E-state index in [1.807, 2.05) is 6.92 Å². The number of nitrogens with two attached hydrogens (primary N) is 1. The summed E-state index contributed by atoms with van der Waals surface area (Å²) in [5, 5.41) is 12.1. The van der Waals surface area contributed by atoms with Gasteiger partial charge in [0.1, 0.15) is 0 Å². The van der Waals surface area contributed by atoms with Crippen molar-refractivity contribution in [2.45, 2.75) is 19.4 Å². The normalized spacial score (nSPS) is 12.1. The second-order valence-corrected chi connectivity index (χ2v) is 3.93. The molecule has 5 nitrogen and oxygen atoms in total. The Labute approximate surface area is 101 Å². The molecule has 94 valence electrons. The number of hydrogen-bond donors (Lipinski definition) is 3. The van der Waals surface area contributed by atoms with Crippen LogP contribution in [0.4, 0.5) is 11.4 Å². The Morgan fingerprint density at radius 3 is 2.88 bits per heavy atom. The lowest BCUT2D eigenvalue weighted by Crippen LogP contribution is -2.18. The minimum Gasteiger partial charge on any atom is -0.478 e. The van der Waals surface area contributed by atoms with E-state index in [4.69, 9.17) is 15.6 Å². The third kappa shape index (κ3) is 3.96. The summed E-state index contributed by atoms with van der Waals surface area (Å²) in [6.45, 7) is 2.64. The van der Waals surface area contributed by atoms with Crippen molar-refractivity contribution >= 4 is 17.3 Å². The first-order valence-electron chi connectivity index (χ1n) is 5.43. The predicted octanol–water partition coefficient (Wildman–Crippen LogP) is 1.80. The van der Waals surface area contributed by atoms with Crippen LogP contribution in [-0.4, -0.2) is 30.8 Å². The Morgan fingerprint density at radius 1 is 1.59 bits per heavy atom. The second kappa shape index (κ2) is 6.10. The van der Waals surface area contributed by atoms with Crippen molar-refractivity contribution < 1.29 is 14.6 Å². The number of aromatic carboxylic acids is 1. The highest BCUT2D eigenvalue weighted by Gasteiger charge is 2.08. The number of nitrogen functional groups attached to an aromatic ring is 1. The molecule has 5 heteroatoms. The SMILES string of the molecule is COCCC(C)Nc1cc(C(=O)O)ccc1N. The number of hydrogen-bond acceptors (Lipinski definition) is 4. The number of anilines is 2. The number of carbonyl (C=O) groups is 1. The maximum absolute atomic E-state index is 10.8. The third-order valence-electron chi connectivity index (χ3n) is 2.46. The fraction of sp³-hybridized carbons (Fsp3) is 0.417. The van der Waals surface area contributed by atoms with E-state index in [9.17, 15) is 4.79 Å². The molecule has 0 heterocycles. The van der Waals surface area contributed by atoms with E-state index < -0.39 is 5.97 Å². The lowest BCUT2D eigenvalue weighted by molar-refractivity contribution is 0.0697. The molecule has 0 fully saturated rings. The summed E-state index contributed by atoms with van der Waals surface area (Å²) in [6.07, 6.45) is 0.827. The number of methoxy groups -OCH3 is 1. The van der Waals surface area contributed by atoms with Crippen LogP contribution in [0.3, 0.4) is 0 Å². The number of ether oxygens (including phenoxy) is 1. The fourth-order valence-electron chi connectivity index (χ4n) is 1.45. The predicted molar refractivity (Wildman–Crippen MR) is 67.4 cm³/mol. The van der Waals surface area contributed by atoms with Crippen LogP contribution in [0.25, 0.3) is 0 Å². The molecule has 1 rings (SSSR count). The minimum absolute atomic E-state index is 0.168. The van der Waals surface area contributed by atoms with Gasteiger partial charge in [0, 0.05) is 19.8 Å². The van der Waals surface area contributed by atoms with Crippen LogP contribution >= 0.6 is 0 Å². The van der Waals surface area contributed by atoms with Crippen LogP contribution in [0, 0.1) is 0 Å². The van der Waals surface area contributed by atoms with Gasteiger partial charge in [-0.05, 0) is 31.5 Å². The number of nitrogens with one attached hydrogen (secondary N) is 1. The molecule has 0 amide bonds. The molecule has 1 aromatic rings. The zero-order chi connectivity index (χ0) is 12.8. The van der Waals surface area contributed by atoms with E-state index in [0.717, 1.165) is 6.42 Å². The van der Waals surface area contributed by atoms with Crippen LogP contribution in [0.2, 0.25) is 0 Å². The first kappa shape index (κ1) is 13.3. The van der Waals surface area contributed by atoms with Gasteiger partial charge < -0.3 is 20.9 Å². The maximum atomic E-state index is 10.8. The molecule has 0 radical (unpaired) electrons. The van der Waals surface area contributed by atoms with Gasteiger partial charge >= 0.3 is 5.97 Å². The minimum atomic E-state index is -0.961. The van der Waals surface area contributed by atoms with Gasteiger partial charge in [-0.25, -0.2) is 4.79 Å². The van der Waals surface area contributed by atoms with Gasteiger partial charge in [0.05, 0.1) is 16.9 Å². The van der Waals surface area contributed by atoms with Gasteiger partial charge in [-0.2, -0.15) is 0 Å². The molecule has 0 aliphatic rings. The second-order valence-electron chi connectivity index (χ2n) is 3.93. The number of carboxylic acids is 1. The molecule has 0 saturated carbocycles. The standard InChI is InChI=1S/C12H18N2O3/c1-8(5-6-17-2)14-11-7-9(12(15)16)3-4-10(11)13/h3-4,7-8,14H,5-6,13H2,1-2H3,(H,15,16). The lowest BCUT2D eigenvalue weighted by atomic mass is 10.1. The van der Waals surface area contributed by atoms with Crippen LogP contribution in [0.15, 0.2) is 18.2 Å². The van der Waals surface area contributed by atoms with Crippen LogP contribution < -0.4 is 11.1 Å². The zero-order valence-corrected chi connectivity index (χ0v) is 10.1. The molecular formula is C12H18N2O3. The summed E-state index contributed by atoms with van der Waals surface area (Å²) in [4.78, 5) is 10.8. The first-order valence-corrected chi connectivity index (χ1v) is 5.43. The van der Waals surface area contributed by atoms with Crippen molar-refractivity contribution in [1.82, 2.24) is 0 Å². The van der Waals surface area contributed by atoms with Gasteiger partial charge in [-0.1, -0.05) is 0 Å². The molecule has 0 aromatic heterocycles. The van der Waals surface area contributed by atoms with E-state index >= 15 is 0 Å². The lowest BCUT2D eigenvalue weighted by Gasteiger charge is -2.16. The third-order valence-corrected chi connectivity index (χ3v) is 2.46. The van der Waals surface area contributed by atoms with E-state index in [1.54, 1.807) is 19.2 Å². The molecule has 1 aromatic carbocycles. The Kier molecular flexibility index (Phi) is 4.78. The average molecular weight is 238 g/mol. The van der Waals surface area contributed by atoms with E-state index in [2.05, 4.69) is 5.32 Å². The molecule has 0 spiro atoms. The molecule has 0 aliphatic heterocycles. The topological polar surface area (TPSA) is 84.6 Å². The molecule has 4 N–H and O–H groups in total. The van der Waals surface area contributed by atoms with E-state index in [-0.39, 0.29) is 11.6 Å². The van der Waals surface area contributed by atoms with Gasteiger partial charge in [0.15, 0.2) is 0 Å². The summed E-state index contributed by atoms with van der Waals surface area (Å²) >= 11 is 0. The van der Waals surface area contributed by atoms with Gasteiger partial charge in [0.2, 0.25) is 0 Å². The van der Waals surface area contributed by atoms with Gasteiger partial charge in [-0.3, -0.25) is 0 Å². The van der Waals surface area contributed by atoms with E-state index in [0.29, 0.717) is 18.0 Å². The summed E-state index contributed by atoms with van der Waals surface area (Å²) in [6, 6.07) is 4.79. The number of rotatable bonds is 6. The van der Waals surface area contributed by atoms with Crippen molar-refractivity contribution in [2.24, 2.45) is 0 Å². The molecule has 1 unspecified atom stereocenters. The van der Waals surface area contributed by atoms with Gasteiger partial charge in [-0.15, -0.1) is 0 Å². The summed E-state index contributed by atoms with van der Waals surface area (Å²) < 4.78 is 4.98. The Bertz CT molecular complexity index is 393. The van der Waals surface area contributed by atoms with Crippen LogP contribution in [0.5, 0.6) is 0 Å². The van der Waals surface area contributed by atoms with Crippen LogP contribution in [0.1, 0.15) is 23.7 Å². The highest BCUT2D eigenvalue weighted by atomic mass is 16.5. The molecule has 0 aliphatic carbocycles. The first-order chi connectivity index (χ1) is 8.04. The fourth-order valence-corrected chi connectivity index (χ4v) is 1.45. The summed E-state index contributed by atoms with van der Waals surface area (Å²) in [7, 11) is 1.64. The average Bonchev–Trinajstić information content (AvgIpc) is 2.29. The molecule has 17 heavy (non-hydrogen) atoms. The Morgan fingerprint density at radius 2 is 2.29 bits per heavy atom. The number of benzene rings is 1. The smallest absolute Gasteiger partial charge is 0.335 e. The highest BCUT2D eigenvalue weighted by molar-refractivity contribution is 5.90. The Balaban J connectivity index is 2.75.